The molecule has 2 aliphatic rings. The summed E-state index contributed by atoms with van der Waals surface area (Å²) in [5.41, 5.74) is 0. The Hall–Kier alpha value is -0.610. The normalized spacial score (nSPS) is 32.4. The summed E-state index contributed by atoms with van der Waals surface area (Å²) in [6.45, 7) is 5.09. The van der Waals surface area contributed by atoms with E-state index in [1.165, 1.54) is 12.8 Å². The molecule has 2 fully saturated rings. The van der Waals surface area contributed by atoms with Crippen LogP contribution in [0.3, 0.4) is 0 Å². The SMILES string of the molecule is CC(O)CC1CCCN1C(=O)COC1CCCC(C)C1. The second kappa shape index (κ2) is 7.41. The topological polar surface area (TPSA) is 49.8 Å². The molecule has 0 aromatic heterocycles. The highest BCUT2D eigenvalue weighted by molar-refractivity contribution is 5.78. The third-order valence-corrected chi connectivity index (χ3v) is 4.64. The van der Waals surface area contributed by atoms with Crippen LogP contribution in [-0.2, 0) is 9.53 Å². The number of carbonyl (C=O) groups is 1. The van der Waals surface area contributed by atoms with Crippen molar-refractivity contribution in [2.75, 3.05) is 13.2 Å². The summed E-state index contributed by atoms with van der Waals surface area (Å²) in [5.74, 6) is 0.824. The second-order valence-corrected chi connectivity index (χ2v) is 6.67. The summed E-state index contributed by atoms with van der Waals surface area (Å²) in [6.07, 6.45) is 7.35. The van der Waals surface area contributed by atoms with E-state index in [1.54, 1.807) is 6.92 Å². The summed E-state index contributed by atoms with van der Waals surface area (Å²) in [7, 11) is 0. The highest BCUT2D eigenvalue weighted by Gasteiger charge is 2.30. The lowest BCUT2D eigenvalue weighted by Gasteiger charge is -2.29. The van der Waals surface area contributed by atoms with Crippen LogP contribution in [-0.4, -0.2) is 47.3 Å². The minimum atomic E-state index is -0.339. The molecule has 1 saturated carbocycles. The molecule has 1 N–H and O–H groups in total. The predicted octanol–water partition coefficient (Wildman–Crippen LogP) is 2.34. The maximum absolute atomic E-state index is 12.3. The average Bonchev–Trinajstić information content (AvgIpc) is 2.83. The number of carbonyl (C=O) groups excluding carboxylic acids is 1. The fourth-order valence-corrected chi connectivity index (χ4v) is 3.60. The smallest absolute Gasteiger partial charge is 0.248 e. The highest BCUT2D eigenvalue weighted by atomic mass is 16.5. The molecule has 0 bridgehead atoms. The summed E-state index contributed by atoms with van der Waals surface area (Å²) in [6, 6.07) is 0.205. The van der Waals surface area contributed by atoms with Gasteiger partial charge in [-0.15, -0.1) is 0 Å². The van der Waals surface area contributed by atoms with Crippen LogP contribution in [0.15, 0.2) is 0 Å². The molecule has 1 aliphatic carbocycles. The molecule has 20 heavy (non-hydrogen) atoms. The zero-order valence-corrected chi connectivity index (χ0v) is 12.9. The molecule has 4 unspecified atom stereocenters. The number of hydrogen-bond donors (Lipinski definition) is 1. The lowest BCUT2D eigenvalue weighted by molar-refractivity contribution is -0.140. The first-order valence-electron chi connectivity index (χ1n) is 8.15. The molecular formula is C16H29NO3. The van der Waals surface area contributed by atoms with Crippen molar-refractivity contribution >= 4 is 5.91 Å². The standard InChI is InChI=1S/C16H29NO3/c1-12-5-3-7-15(9-12)20-11-16(19)17-8-4-6-14(17)10-13(2)18/h12-15,18H,3-11H2,1-2H3. The molecule has 0 radical (unpaired) electrons. The van der Waals surface area contributed by atoms with E-state index < -0.39 is 0 Å². The summed E-state index contributed by atoms with van der Waals surface area (Å²) < 4.78 is 5.83. The molecule has 1 saturated heterocycles. The van der Waals surface area contributed by atoms with Crippen LogP contribution >= 0.6 is 0 Å². The molecule has 4 heteroatoms. The molecule has 1 heterocycles. The summed E-state index contributed by atoms with van der Waals surface area (Å²) in [4.78, 5) is 14.2. The molecule has 0 aromatic rings. The van der Waals surface area contributed by atoms with Crippen LogP contribution in [0.2, 0.25) is 0 Å². The van der Waals surface area contributed by atoms with E-state index in [1.807, 2.05) is 4.90 Å². The van der Waals surface area contributed by atoms with Gasteiger partial charge >= 0.3 is 0 Å². The van der Waals surface area contributed by atoms with Crippen LogP contribution in [0.4, 0.5) is 0 Å². The summed E-state index contributed by atoms with van der Waals surface area (Å²) in [5, 5.41) is 9.51. The Kier molecular flexibility index (Phi) is 5.85. The number of hydrogen-bond acceptors (Lipinski definition) is 3. The quantitative estimate of drug-likeness (QED) is 0.842. The van der Waals surface area contributed by atoms with E-state index in [0.717, 1.165) is 38.1 Å². The van der Waals surface area contributed by atoms with Gasteiger partial charge in [-0.2, -0.15) is 0 Å². The van der Waals surface area contributed by atoms with Crippen molar-refractivity contribution in [3.8, 4) is 0 Å². The van der Waals surface area contributed by atoms with Gasteiger partial charge in [-0.3, -0.25) is 4.79 Å². The molecule has 2 rings (SSSR count). The number of aliphatic hydroxyl groups is 1. The Balaban J connectivity index is 1.76. The molecular weight excluding hydrogens is 254 g/mol. The van der Waals surface area contributed by atoms with Crippen molar-refractivity contribution in [1.29, 1.82) is 0 Å². The Bertz CT molecular complexity index is 319. The minimum absolute atomic E-state index is 0.103. The molecule has 1 aliphatic heterocycles. The maximum Gasteiger partial charge on any atom is 0.248 e. The zero-order chi connectivity index (χ0) is 14.5. The number of amides is 1. The largest absolute Gasteiger partial charge is 0.393 e. The zero-order valence-electron chi connectivity index (χ0n) is 12.9. The first kappa shape index (κ1) is 15.8. The van der Waals surface area contributed by atoms with Gasteiger partial charge < -0.3 is 14.7 Å². The molecule has 116 valence electrons. The average molecular weight is 283 g/mol. The Morgan fingerprint density at radius 3 is 2.85 bits per heavy atom. The fourth-order valence-electron chi connectivity index (χ4n) is 3.60. The van der Waals surface area contributed by atoms with Crippen molar-refractivity contribution in [2.45, 2.75) is 77.0 Å². The van der Waals surface area contributed by atoms with Gasteiger partial charge in [0.1, 0.15) is 6.61 Å². The predicted molar refractivity (Wildman–Crippen MR) is 78.4 cm³/mol. The van der Waals surface area contributed by atoms with Crippen molar-refractivity contribution < 1.29 is 14.6 Å². The Morgan fingerprint density at radius 2 is 2.15 bits per heavy atom. The van der Waals surface area contributed by atoms with Gasteiger partial charge in [0.05, 0.1) is 12.2 Å². The van der Waals surface area contributed by atoms with Crippen molar-refractivity contribution in [3.05, 3.63) is 0 Å². The maximum atomic E-state index is 12.3. The van der Waals surface area contributed by atoms with E-state index in [4.69, 9.17) is 4.74 Å². The Labute approximate surface area is 122 Å². The van der Waals surface area contributed by atoms with Crippen molar-refractivity contribution in [1.82, 2.24) is 4.90 Å². The first-order chi connectivity index (χ1) is 9.56. The number of aliphatic hydroxyl groups excluding tert-OH is 1. The molecule has 4 atom stereocenters. The number of rotatable bonds is 5. The second-order valence-electron chi connectivity index (χ2n) is 6.67. The van der Waals surface area contributed by atoms with Gasteiger partial charge in [0, 0.05) is 12.6 Å². The third kappa shape index (κ3) is 4.45. The van der Waals surface area contributed by atoms with Crippen LogP contribution < -0.4 is 0 Å². The highest BCUT2D eigenvalue weighted by Crippen LogP contribution is 2.26. The molecule has 1 amide bonds. The molecule has 0 aromatic carbocycles. The van der Waals surface area contributed by atoms with E-state index in [-0.39, 0.29) is 30.8 Å². The number of nitrogens with zero attached hydrogens (tertiary/aromatic N) is 1. The lowest BCUT2D eigenvalue weighted by Crippen LogP contribution is -2.40. The van der Waals surface area contributed by atoms with Gasteiger partial charge in [-0.25, -0.2) is 0 Å². The van der Waals surface area contributed by atoms with E-state index in [0.29, 0.717) is 6.42 Å². The number of ether oxygens (including phenoxy) is 1. The van der Waals surface area contributed by atoms with Crippen LogP contribution in [0, 0.1) is 5.92 Å². The van der Waals surface area contributed by atoms with E-state index in [9.17, 15) is 9.90 Å². The van der Waals surface area contributed by atoms with Crippen LogP contribution in [0.25, 0.3) is 0 Å². The summed E-state index contributed by atoms with van der Waals surface area (Å²) >= 11 is 0. The van der Waals surface area contributed by atoms with Gasteiger partial charge in [0.2, 0.25) is 5.91 Å². The van der Waals surface area contributed by atoms with Gasteiger partial charge in [0.25, 0.3) is 0 Å². The Morgan fingerprint density at radius 1 is 1.35 bits per heavy atom. The molecule has 4 nitrogen and oxygen atoms in total. The van der Waals surface area contributed by atoms with Gasteiger partial charge in [-0.1, -0.05) is 19.8 Å². The van der Waals surface area contributed by atoms with Crippen molar-refractivity contribution in [3.63, 3.8) is 0 Å². The van der Waals surface area contributed by atoms with Gasteiger partial charge in [0.15, 0.2) is 0 Å². The third-order valence-electron chi connectivity index (χ3n) is 4.64. The van der Waals surface area contributed by atoms with Crippen LogP contribution in [0.5, 0.6) is 0 Å². The number of likely N-dealkylation sites (tertiary alicyclic amines) is 1. The van der Waals surface area contributed by atoms with E-state index >= 15 is 0 Å². The fraction of sp³-hybridized carbons (Fsp3) is 0.938. The van der Waals surface area contributed by atoms with E-state index in [2.05, 4.69) is 6.92 Å². The monoisotopic (exact) mass is 283 g/mol. The minimum Gasteiger partial charge on any atom is -0.393 e. The van der Waals surface area contributed by atoms with Crippen molar-refractivity contribution in [2.24, 2.45) is 5.92 Å². The lowest BCUT2D eigenvalue weighted by atomic mass is 9.89. The van der Waals surface area contributed by atoms with Gasteiger partial charge in [-0.05, 0) is 44.9 Å². The van der Waals surface area contributed by atoms with Crippen LogP contribution in [0.1, 0.15) is 58.8 Å². The first-order valence-corrected chi connectivity index (χ1v) is 8.15. The molecule has 0 spiro atoms.